The average molecular weight is 332 g/mol. The Morgan fingerprint density at radius 2 is 2.15 bits per heavy atom. The van der Waals surface area contributed by atoms with Crippen LogP contribution in [0.15, 0.2) is 28.6 Å². The first-order valence-corrected chi connectivity index (χ1v) is 7.80. The monoisotopic (exact) mass is 331 g/mol. The lowest BCUT2D eigenvalue weighted by Crippen LogP contribution is -2.49. The number of rotatable bonds is 5. The summed E-state index contributed by atoms with van der Waals surface area (Å²) in [7, 11) is 0. The number of carbonyl (C=O) groups is 1. The van der Waals surface area contributed by atoms with Gasteiger partial charge in [0.25, 0.3) is 0 Å². The number of carbonyl (C=O) groups excluding carboxylic acids is 1. The van der Waals surface area contributed by atoms with Gasteiger partial charge >= 0.3 is 0 Å². The SMILES string of the molecule is CC(C)(CN)NC(=O)CSc1nc2ccccc2s1.Cl. The normalized spacial score (nSPS) is 11.2. The molecule has 2 aromatic rings. The molecule has 2 rings (SSSR count). The number of fused-ring (bicyclic) bond motifs is 1. The molecule has 20 heavy (non-hydrogen) atoms. The van der Waals surface area contributed by atoms with E-state index in [2.05, 4.69) is 10.3 Å². The second kappa shape index (κ2) is 7.26. The quantitative estimate of drug-likeness (QED) is 0.826. The minimum Gasteiger partial charge on any atom is -0.349 e. The molecule has 7 heteroatoms. The van der Waals surface area contributed by atoms with Crippen molar-refractivity contribution in [2.75, 3.05) is 12.3 Å². The highest BCUT2D eigenvalue weighted by atomic mass is 35.5. The van der Waals surface area contributed by atoms with E-state index in [0.717, 1.165) is 14.6 Å². The molecule has 4 nitrogen and oxygen atoms in total. The number of hydrogen-bond acceptors (Lipinski definition) is 5. The van der Waals surface area contributed by atoms with Crippen LogP contribution in [-0.2, 0) is 4.79 Å². The molecular weight excluding hydrogens is 314 g/mol. The first kappa shape index (κ1) is 17.2. The summed E-state index contributed by atoms with van der Waals surface area (Å²) in [4.78, 5) is 16.3. The number of para-hydroxylation sites is 1. The Hall–Kier alpha value is -0.820. The molecule has 1 amide bonds. The Labute approximate surface area is 132 Å². The smallest absolute Gasteiger partial charge is 0.230 e. The van der Waals surface area contributed by atoms with Gasteiger partial charge in [0.05, 0.1) is 16.0 Å². The summed E-state index contributed by atoms with van der Waals surface area (Å²) in [6.07, 6.45) is 0. The zero-order valence-electron chi connectivity index (χ0n) is 11.4. The van der Waals surface area contributed by atoms with Crippen molar-refractivity contribution in [1.82, 2.24) is 10.3 Å². The molecule has 0 aliphatic rings. The molecule has 0 unspecified atom stereocenters. The van der Waals surface area contributed by atoms with Gasteiger partial charge < -0.3 is 11.1 Å². The lowest BCUT2D eigenvalue weighted by Gasteiger charge is -2.23. The minimum absolute atomic E-state index is 0. The maximum atomic E-state index is 11.8. The van der Waals surface area contributed by atoms with Crippen molar-refractivity contribution >= 4 is 51.6 Å². The summed E-state index contributed by atoms with van der Waals surface area (Å²) in [5.41, 5.74) is 6.21. The summed E-state index contributed by atoms with van der Waals surface area (Å²) >= 11 is 3.07. The molecule has 0 atom stereocenters. The Morgan fingerprint density at radius 3 is 2.80 bits per heavy atom. The van der Waals surface area contributed by atoms with Gasteiger partial charge in [0.15, 0.2) is 4.34 Å². The van der Waals surface area contributed by atoms with Gasteiger partial charge in [-0.2, -0.15) is 0 Å². The highest BCUT2D eigenvalue weighted by Gasteiger charge is 2.18. The van der Waals surface area contributed by atoms with Crippen LogP contribution in [0.3, 0.4) is 0 Å². The summed E-state index contributed by atoms with van der Waals surface area (Å²) in [6, 6.07) is 7.97. The number of thioether (sulfide) groups is 1. The average Bonchev–Trinajstić information content (AvgIpc) is 2.78. The van der Waals surface area contributed by atoms with E-state index in [4.69, 9.17) is 5.73 Å². The lowest BCUT2D eigenvalue weighted by atomic mass is 10.1. The Morgan fingerprint density at radius 1 is 1.45 bits per heavy atom. The van der Waals surface area contributed by atoms with Gasteiger partial charge in [-0.1, -0.05) is 23.9 Å². The van der Waals surface area contributed by atoms with E-state index in [0.29, 0.717) is 12.3 Å². The third-order valence-corrected chi connectivity index (χ3v) is 4.77. The Bertz CT molecular complexity index is 553. The predicted octanol–water partition coefficient (Wildman–Crippen LogP) is 2.66. The highest BCUT2D eigenvalue weighted by Crippen LogP contribution is 2.29. The molecule has 3 N–H and O–H groups in total. The highest BCUT2D eigenvalue weighted by molar-refractivity contribution is 8.01. The van der Waals surface area contributed by atoms with Crippen LogP contribution < -0.4 is 11.1 Å². The zero-order valence-corrected chi connectivity index (χ0v) is 13.8. The van der Waals surface area contributed by atoms with E-state index in [-0.39, 0.29) is 23.9 Å². The summed E-state index contributed by atoms with van der Waals surface area (Å²) in [5.74, 6) is 0.350. The molecule has 0 saturated carbocycles. The molecule has 0 spiro atoms. The Kier molecular flexibility index (Phi) is 6.26. The minimum atomic E-state index is -0.356. The largest absolute Gasteiger partial charge is 0.349 e. The van der Waals surface area contributed by atoms with Gasteiger partial charge in [0.2, 0.25) is 5.91 Å². The van der Waals surface area contributed by atoms with Crippen molar-refractivity contribution < 1.29 is 4.79 Å². The molecule has 0 radical (unpaired) electrons. The topological polar surface area (TPSA) is 68.0 Å². The number of thiazole rings is 1. The van der Waals surface area contributed by atoms with Crippen molar-refractivity contribution in [3.63, 3.8) is 0 Å². The van der Waals surface area contributed by atoms with Crippen molar-refractivity contribution in [1.29, 1.82) is 0 Å². The maximum Gasteiger partial charge on any atom is 0.230 e. The molecule has 1 aromatic carbocycles. The molecule has 1 aromatic heterocycles. The maximum absolute atomic E-state index is 11.8. The second-order valence-electron chi connectivity index (χ2n) is 4.87. The second-order valence-corrected chi connectivity index (χ2v) is 7.13. The van der Waals surface area contributed by atoms with Crippen LogP contribution in [0.4, 0.5) is 0 Å². The van der Waals surface area contributed by atoms with E-state index in [1.807, 2.05) is 38.1 Å². The van der Waals surface area contributed by atoms with Gasteiger partial charge in [-0.3, -0.25) is 4.79 Å². The van der Waals surface area contributed by atoms with Gasteiger partial charge in [-0.05, 0) is 26.0 Å². The molecule has 0 saturated heterocycles. The van der Waals surface area contributed by atoms with Crippen molar-refractivity contribution in [2.24, 2.45) is 5.73 Å². The predicted molar refractivity (Wildman–Crippen MR) is 88.9 cm³/mol. The van der Waals surface area contributed by atoms with Gasteiger partial charge in [0, 0.05) is 12.1 Å². The fourth-order valence-corrected chi connectivity index (χ4v) is 3.37. The Balaban J connectivity index is 0.00000200. The van der Waals surface area contributed by atoms with Gasteiger partial charge in [-0.15, -0.1) is 23.7 Å². The number of halogens is 1. The van der Waals surface area contributed by atoms with Crippen LogP contribution in [-0.4, -0.2) is 28.7 Å². The summed E-state index contributed by atoms with van der Waals surface area (Å²) < 4.78 is 2.06. The standard InChI is InChI=1S/C13H17N3OS2.ClH/c1-13(2,8-14)16-11(17)7-18-12-15-9-5-3-4-6-10(9)19-12;/h3-6H,7-8,14H2,1-2H3,(H,16,17);1H. The summed E-state index contributed by atoms with van der Waals surface area (Å²) in [6.45, 7) is 4.24. The zero-order chi connectivity index (χ0) is 13.9. The van der Waals surface area contributed by atoms with Gasteiger partial charge in [-0.25, -0.2) is 4.98 Å². The van der Waals surface area contributed by atoms with E-state index >= 15 is 0 Å². The van der Waals surface area contributed by atoms with Crippen LogP contribution in [0.5, 0.6) is 0 Å². The van der Waals surface area contributed by atoms with Crippen LogP contribution >= 0.6 is 35.5 Å². The lowest BCUT2D eigenvalue weighted by molar-refractivity contribution is -0.120. The fourth-order valence-electron chi connectivity index (χ4n) is 1.50. The number of nitrogens with two attached hydrogens (primary N) is 1. The molecule has 1 heterocycles. The van der Waals surface area contributed by atoms with Crippen LogP contribution in [0, 0.1) is 0 Å². The van der Waals surface area contributed by atoms with E-state index in [9.17, 15) is 4.79 Å². The van der Waals surface area contributed by atoms with Crippen molar-refractivity contribution in [3.8, 4) is 0 Å². The number of aromatic nitrogens is 1. The van der Waals surface area contributed by atoms with Crippen LogP contribution in [0.25, 0.3) is 10.2 Å². The number of nitrogens with zero attached hydrogens (tertiary/aromatic N) is 1. The van der Waals surface area contributed by atoms with E-state index in [1.54, 1.807) is 11.3 Å². The molecule has 110 valence electrons. The number of hydrogen-bond donors (Lipinski definition) is 2. The van der Waals surface area contributed by atoms with Crippen LogP contribution in [0.2, 0.25) is 0 Å². The first-order valence-electron chi connectivity index (χ1n) is 6.00. The number of amides is 1. The third-order valence-electron chi connectivity index (χ3n) is 2.59. The fraction of sp³-hybridized carbons (Fsp3) is 0.385. The molecular formula is C13H18ClN3OS2. The first-order chi connectivity index (χ1) is 9.00. The van der Waals surface area contributed by atoms with Gasteiger partial charge in [0.1, 0.15) is 0 Å². The molecule has 0 aliphatic heterocycles. The number of nitrogens with one attached hydrogen (secondary N) is 1. The van der Waals surface area contributed by atoms with Crippen molar-refractivity contribution in [2.45, 2.75) is 23.7 Å². The number of benzene rings is 1. The van der Waals surface area contributed by atoms with E-state index in [1.165, 1.54) is 11.8 Å². The summed E-state index contributed by atoms with van der Waals surface area (Å²) in [5, 5.41) is 2.90. The van der Waals surface area contributed by atoms with Crippen molar-refractivity contribution in [3.05, 3.63) is 24.3 Å². The van der Waals surface area contributed by atoms with E-state index < -0.39 is 0 Å². The van der Waals surface area contributed by atoms with Crippen LogP contribution in [0.1, 0.15) is 13.8 Å². The molecule has 0 aliphatic carbocycles. The molecule has 0 bridgehead atoms. The molecule has 0 fully saturated rings. The third kappa shape index (κ3) is 4.63.